The van der Waals surface area contributed by atoms with Crippen LogP contribution in [-0.2, 0) is 38.2 Å². The van der Waals surface area contributed by atoms with Gasteiger partial charge in [0.25, 0.3) is 0 Å². The summed E-state index contributed by atoms with van der Waals surface area (Å²) < 4.78 is 34.3. The van der Waals surface area contributed by atoms with E-state index in [4.69, 9.17) is 4.74 Å². The Kier molecular flexibility index (Phi) is 7.24. The Hall–Kier alpha value is -2.19. The fraction of sp³-hybridized carbons (Fsp3) is 0.600. The number of carbonyl (C=O) groups is 1. The molecule has 2 heterocycles. The third kappa shape index (κ3) is 6.03. The summed E-state index contributed by atoms with van der Waals surface area (Å²) in [7, 11) is -3.64. The fourth-order valence-corrected chi connectivity index (χ4v) is 5.95. The lowest BCUT2D eigenvalue weighted by molar-refractivity contribution is -0.134. The predicted octanol–water partition coefficient (Wildman–Crippen LogP) is 3.74. The first-order chi connectivity index (χ1) is 15.7. The average molecular weight is 474 g/mol. The molecule has 0 N–H and O–H groups in total. The van der Waals surface area contributed by atoms with Crippen molar-refractivity contribution in [3.8, 4) is 0 Å². The van der Waals surface area contributed by atoms with Crippen LogP contribution in [0.2, 0.25) is 0 Å². The van der Waals surface area contributed by atoms with Crippen LogP contribution in [0.5, 0.6) is 0 Å². The van der Waals surface area contributed by atoms with E-state index in [0.29, 0.717) is 19.6 Å². The van der Waals surface area contributed by atoms with E-state index in [0.717, 1.165) is 49.1 Å². The number of aromatic nitrogens is 2. The second kappa shape index (κ2) is 9.97. The van der Waals surface area contributed by atoms with Crippen LogP contribution in [0.4, 0.5) is 0 Å². The summed E-state index contributed by atoms with van der Waals surface area (Å²) in [6.45, 7) is 8.24. The number of carbonyl (C=O) groups excluding carboxylic acids is 1. The molecule has 0 unspecified atom stereocenters. The maximum atomic E-state index is 13.4. The van der Waals surface area contributed by atoms with Gasteiger partial charge in [0.2, 0.25) is 20.9 Å². The molecule has 1 aromatic heterocycles. The molecule has 0 spiro atoms. The minimum absolute atomic E-state index is 0.0543. The van der Waals surface area contributed by atoms with E-state index in [9.17, 15) is 13.2 Å². The number of ether oxygens (including phenoxy) is 1. The van der Waals surface area contributed by atoms with Crippen molar-refractivity contribution in [2.75, 3.05) is 13.2 Å². The number of hydrogen-bond acceptors (Lipinski definition) is 5. The lowest BCUT2D eigenvalue weighted by atomic mass is 10.2. The van der Waals surface area contributed by atoms with E-state index in [-0.39, 0.29) is 34.8 Å². The summed E-state index contributed by atoms with van der Waals surface area (Å²) in [5.41, 5.74) is 2.54. The number of benzene rings is 1. The maximum Gasteiger partial charge on any atom is 0.228 e. The molecule has 33 heavy (non-hydrogen) atoms. The van der Waals surface area contributed by atoms with Gasteiger partial charge in [-0.3, -0.25) is 4.79 Å². The lowest BCUT2D eigenvalue weighted by Gasteiger charge is -2.26. The highest BCUT2D eigenvalue weighted by molar-refractivity contribution is 7.90. The number of nitrogens with zero attached hydrogens (tertiary/aromatic N) is 3. The standard InChI is InChI=1S/C25H35N3O4S/c1-18(2)14-28-22(15-27(24(29)21-9-10-21)16-23-8-5-11-32-23)13-26-25(28)33(30,31)17-20-7-4-6-19(3)12-20/h4,6-7,12-13,18,21,23H,5,8-11,14-17H2,1-3H3/t23-/m1/s1. The van der Waals surface area contributed by atoms with E-state index in [1.807, 2.05) is 36.1 Å². The average Bonchev–Trinajstić information content (AvgIpc) is 3.32. The molecule has 7 nitrogen and oxygen atoms in total. The van der Waals surface area contributed by atoms with Crippen LogP contribution < -0.4 is 0 Å². The third-order valence-corrected chi connectivity index (χ3v) is 7.80. The summed E-state index contributed by atoms with van der Waals surface area (Å²) in [5.74, 6) is 0.380. The molecular formula is C25H35N3O4S. The molecule has 2 aromatic rings. The number of rotatable bonds is 10. The molecule has 0 radical (unpaired) electrons. The highest BCUT2D eigenvalue weighted by Crippen LogP contribution is 2.32. The Labute approximate surface area is 197 Å². The van der Waals surface area contributed by atoms with Crippen LogP contribution in [-0.4, -0.2) is 48.0 Å². The Morgan fingerprint density at radius 3 is 2.70 bits per heavy atom. The Bertz CT molecular complexity index is 1080. The van der Waals surface area contributed by atoms with Crippen molar-refractivity contribution in [2.24, 2.45) is 11.8 Å². The first-order valence-electron chi connectivity index (χ1n) is 12.0. The molecule has 180 valence electrons. The summed E-state index contributed by atoms with van der Waals surface area (Å²) in [4.78, 5) is 19.3. The van der Waals surface area contributed by atoms with Crippen molar-refractivity contribution < 1.29 is 17.9 Å². The summed E-state index contributed by atoms with van der Waals surface area (Å²) in [6, 6.07) is 7.55. The van der Waals surface area contributed by atoms with Crippen LogP contribution in [0.3, 0.4) is 0 Å². The van der Waals surface area contributed by atoms with Gasteiger partial charge in [0.15, 0.2) is 0 Å². The largest absolute Gasteiger partial charge is 0.376 e. The molecule has 1 amide bonds. The highest BCUT2D eigenvalue weighted by atomic mass is 32.2. The third-order valence-electron chi connectivity index (χ3n) is 6.21. The molecule has 4 rings (SSSR count). The normalized spacial score (nSPS) is 18.7. The zero-order valence-corrected chi connectivity index (χ0v) is 20.7. The van der Waals surface area contributed by atoms with Crippen LogP contribution in [0.1, 0.15) is 56.4 Å². The van der Waals surface area contributed by atoms with E-state index >= 15 is 0 Å². The molecule has 1 atom stereocenters. The molecule has 1 aliphatic carbocycles. The lowest BCUT2D eigenvalue weighted by Crippen LogP contribution is -2.38. The van der Waals surface area contributed by atoms with E-state index in [1.165, 1.54) is 0 Å². The van der Waals surface area contributed by atoms with Gasteiger partial charge < -0.3 is 14.2 Å². The van der Waals surface area contributed by atoms with Crippen molar-refractivity contribution in [1.82, 2.24) is 14.5 Å². The molecule has 2 fully saturated rings. The molecule has 1 aromatic carbocycles. The van der Waals surface area contributed by atoms with Gasteiger partial charge in [-0.1, -0.05) is 43.7 Å². The predicted molar refractivity (Wildman–Crippen MR) is 126 cm³/mol. The smallest absolute Gasteiger partial charge is 0.228 e. The summed E-state index contributed by atoms with van der Waals surface area (Å²) in [5, 5.41) is 0.0867. The van der Waals surface area contributed by atoms with Gasteiger partial charge >= 0.3 is 0 Å². The monoisotopic (exact) mass is 473 g/mol. The van der Waals surface area contributed by atoms with Crippen molar-refractivity contribution in [3.63, 3.8) is 0 Å². The number of sulfone groups is 1. The van der Waals surface area contributed by atoms with Gasteiger partial charge in [0, 0.05) is 25.6 Å². The Balaban J connectivity index is 1.61. The minimum atomic E-state index is -3.64. The van der Waals surface area contributed by atoms with Gasteiger partial charge in [-0.25, -0.2) is 13.4 Å². The second-order valence-corrected chi connectivity index (χ2v) is 11.8. The molecule has 1 saturated carbocycles. The first-order valence-corrected chi connectivity index (χ1v) is 13.6. The van der Waals surface area contributed by atoms with Crippen molar-refractivity contribution in [1.29, 1.82) is 0 Å². The summed E-state index contributed by atoms with van der Waals surface area (Å²) >= 11 is 0. The quantitative estimate of drug-likeness (QED) is 0.525. The first kappa shape index (κ1) is 24.0. The van der Waals surface area contributed by atoms with E-state index < -0.39 is 9.84 Å². The van der Waals surface area contributed by atoms with E-state index in [1.54, 1.807) is 10.8 Å². The van der Waals surface area contributed by atoms with Gasteiger partial charge in [-0.05, 0) is 44.1 Å². The Morgan fingerprint density at radius 2 is 2.06 bits per heavy atom. The number of hydrogen-bond donors (Lipinski definition) is 0. The van der Waals surface area contributed by atoms with Crippen LogP contribution >= 0.6 is 0 Å². The van der Waals surface area contributed by atoms with Crippen molar-refractivity contribution in [3.05, 3.63) is 47.3 Å². The van der Waals surface area contributed by atoms with Crippen LogP contribution in [0.15, 0.2) is 35.6 Å². The number of aryl methyl sites for hydroxylation is 1. The Morgan fingerprint density at radius 1 is 1.27 bits per heavy atom. The SMILES string of the molecule is Cc1cccc(CS(=O)(=O)c2ncc(CN(C[C@H]3CCCO3)C(=O)C3CC3)n2CC(C)C)c1. The van der Waals surface area contributed by atoms with Crippen molar-refractivity contribution in [2.45, 2.75) is 76.6 Å². The molecule has 1 saturated heterocycles. The zero-order valence-electron chi connectivity index (χ0n) is 19.9. The van der Waals surface area contributed by atoms with Gasteiger partial charge in [0.05, 0.1) is 30.3 Å². The van der Waals surface area contributed by atoms with Crippen molar-refractivity contribution >= 4 is 15.7 Å². The van der Waals surface area contributed by atoms with Gasteiger partial charge in [0.1, 0.15) is 0 Å². The molecule has 0 bridgehead atoms. The topological polar surface area (TPSA) is 81.5 Å². The molecule has 8 heteroatoms. The van der Waals surface area contributed by atoms with Crippen LogP contribution in [0.25, 0.3) is 0 Å². The van der Waals surface area contributed by atoms with Gasteiger partial charge in [-0.2, -0.15) is 0 Å². The minimum Gasteiger partial charge on any atom is -0.376 e. The molecule has 1 aliphatic heterocycles. The zero-order chi connectivity index (χ0) is 23.6. The number of amides is 1. The maximum absolute atomic E-state index is 13.4. The number of imidazole rings is 1. The fourth-order valence-electron chi connectivity index (χ4n) is 4.46. The molecular weight excluding hydrogens is 438 g/mol. The molecule has 2 aliphatic rings. The summed E-state index contributed by atoms with van der Waals surface area (Å²) in [6.07, 6.45) is 5.52. The highest BCUT2D eigenvalue weighted by Gasteiger charge is 2.36. The van der Waals surface area contributed by atoms with E-state index in [2.05, 4.69) is 18.8 Å². The van der Waals surface area contributed by atoms with Crippen LogP contribution in [0, 0.1) is 18.8 Å². The van der Waals surface area contributed by atoms with Gasteiger partial charge in [-0.15, -0.1) is 0 Å². The second-order valence-electron chi connectivity index (χ2n) is 9.91.